The lowest BCUT2D eigenvalue weighted by atomic mass is 10.1. The highest BCUT2D eigenvalue weighted by molar-refractivity contribution is 5.88. The molecule has 1 aliphatic heterocycles. The van der Waals surface area contributed by atoms with Crippen molar-refractivity contribution in [2.75, 3.05) is 38.1 Å². The summed E-state index contributed by atoms with van der Waals surface area (Å²) in [7, 11) is 0. The lowest BCUT2D eigenvalue weighted by molar-refractivity contribution is -0.114. The maximum absolute atomic E-state index is 11.1. The van der Waals surface area contributed by atoms with Gasteiger partial charge in [-0.05, 0) is 36.1 Å². The molecule has 0 radical (unpaired) electrons. The molecule has 0 spiro atoms. The van der Waals surface area contributed by atoms with Gasteiger partial charge in [-0.25, -0.2) is 0 Å². The molecule has 0 aromatic heterocycles. The minimum atomic E-state index is -0.0498. The Hall–Kier alpha value is -2.21. The summed E-state index contributed by atoms with van der Waals surface area (Å²) in [6.07, 6.45) is 1.86. The highest BCUT2D eigenvalue weighted by Crippen LogP contribution is 2.18. The smallest absolute Gasteiger partial charge is 0.221 e. The molecule has 28 heavy (non-hydrogen) atoms. The van der Waals surface area contributed by atoms with Crippen molar-refractivity contribution in [3.63, 3.8) is 0 Å². The zero-order valence-electron chi connectivity index (χ0n) is 16.7. The molecular formula is C23H31N3O2. The number of amides is 1. The summed E-state index contributed by atoms with van der Waals surface area (Å²) in [5.41, 5.74) is 3.45. The van der Waals surface area contributed by atoms with E-state index in [4.69, 9.17) is 0 Å². The van der Waals surface area contributed by atoms with Gasteiger partial charge in [0.05, 0.1) is 0 Å². The van der Waals surface area contributed by atoms with Crippen LogP contribution in [0.4, 0.5) is 5.69 Å². The molecule has 5 heteroatoms. The van der Waals surface area contributed by atoms with Gasteiger partial charge in [-0.3, -0.25) is 14.6 Å². The van der Waals surface area contributed by atoms with Crippen LogP contribution in [0.3, 0.4) is 0 Å². The summed E-state index contributed by atoms with van der Waals surface area (Å²) in [4.78, 5) is 16.1. The summed E-state index contributed by atoms with van der Waals surface area (Å²) in [5, 5.41) is 12.3. The van der Waals surface area contributed by atoms with Crippen LogP contribution < -0.4 is 5.32 Å². The van der Waals surface area contributed by atoms with Gasteiger partial charge in [0.15, 0.2) is 0 Å². The molecule has 1 aliphatic rings. The van der Waals surface area contributed by atoms with Crippen LogP contribution in [0.25, 0.3) is 0 Å². The van der Waals surface area contributed by atoms with Crippen LogP contribution in [0.2, 0.25) is 0 Å². The number of hydrogen-bond acceptors (Lipinski definition) is 4. The number of carbonyl (C=O) groups is 1. The van der Waals surface area contributed by atoms with Gasteiger partial charge in [0, 0.05) is 58.0 Å². The number of piperazine rings is 1. The molecule has 1 amide bonds. The predicted molar refractivity (Wildman–Crippen MR) is 113 cm³/mol. The monoisotopic (exact) mass is 381 g/mol. The Kier molecular flexibility index (Phi) is 7.60. The minimum Gasteiger partial charge on any atom is -0.396 e. The second-order valence-electron chi connectivity index (χ2n) is 7.55. The number of carbonyl (C=O) groups excluding carboxylic acids is 1. The molecule has 150 valence electrons. The first-order valence-electron chi connectivity index (χ1n) is 10.1. The third-order valence-corrected chi connectivity index (χ3v) is 5.36. The van der Waals surface area contributed by atoms with Crippen LogP contribution in [0.5, 0.6) is 0 Å². The first kappa shape index (κ1) is 20.5. The van der Waals surface area contributed by atoms with E-state index >= 15 is 0 Å². The normalized spacial score (nSPS) is 18.1. The van der Waals surface area contributed by atoms with Crippen LogP contribution in [0, 0.1) is 0 Å². The van der Waals surface area contributed by atoms with Crippen LogP contribution in [0.15, 0.2) is 54.6 Å². The largest absolute Gasteiger partial charge is 0.396 e. The molecule has 0 bridgehead atoms. The number of benzene rings is 2. The Morgan fingerprint density at radius 2 is 1.82 bits per heavy atom. The van der Waals surface area contributed by atoms with Crippen LogP contribution in [0.1, 0.15) is 24.5 Å². The van der Waals surface area contributed by atoms with E-state index in [1.54, 1.807) is 0 Å². The zero-order valence-corrected chi connectivity index (χ0v) is 16.7. The molecule has 0 saturated carbocycles. The highest BCUT2D eigenvalue weighted by atomic mass is 16.3. The lowest BCUT2D eigenvalue weighted by Crippen LogP contribution is -2.53. The Labute approximate surface area is 168 Å². The van der Waals surface area contributed by atoms with E-state index in [1.165, 1.54) is 18.1 Å². The number of aliphatic hydroxyl groups is 1. The van der Waals surface area contributed by atoms with Gasteiger partial charge in [-0.15, -0.1) is 0 Å². The van der Waals surface area contributed by atoms with Crippen molar-refractivity contribution in [2.24, 2.45) is 0 Å². The van der Waals surface area contributed by atoms with Crippen molar-refractivity contribution >= 4 is 11.6 Å². The maximum Gasteiger partial charge on any atom is 0.221 e. The van der Waals surface area contributed by atoms with E-state index in [2.05, 4.69) is 57.6 Å². The van der Waals surface area contributed by atoms with Gasteiger partial charge in [0.25, 0.3) is 0 Å². The van der Waals surface area contributed by atoms with Crippen molar-refractivity contribution in [1.29, 1.82) is 0 Å². The van der Waals surface area contributed by atoms with Gasteiger partial charge >= 0.3 is 0 Å². The average molecular weight is 382 g/mol. The van der Waals surface area contributed by atoms with Gasteiger partial charge in [-0.1, -0.05) is 42.5 Å². The summed E-state index contributed by atoms with van der Waals surface area (Å²) in [6, 6.07) is 19.1. The quantitative estimate of drug-likeness (QED) is 0.738. The number of rotatable bonds is 8. The number of nitrogens with zero attached hydrogens (tertiary/aromatic N) is 2. The molecule has 0 unspecified atom stereocenters. The number of hydrogen-bond donors (Lipinski definition) is 2. The van der Waals surface area contributed by atoms with Crippen LogP contribution in [-0.4, -0.2) is 59.6 Å². The van der Waals surface area contributed by atoms with Gasteiger partial charge in [-0.2, -0.15) is 0 Å². The van der Waals surface area contributed by atoms with Crippen molar-refractivity contribution in [3.8, 4) is 0 Å². The first-order chi connectivity index (χ1) is 13.6. The van der Waals surface area contributed by atoms with Crippen molar-refractivity contribution in [2.45, 2.75) is 32.4 Å². The standard InChI is InChI=1S/C23H31N3O2/c1-19(28)24-22-9-7-21(8-10-22)17-25-14-15-26(23(18-25)12-16-27)13-11-20-5-3-2-4-6-20/h2-10,23,27H,11-18H2,1H3,(H,24,28)/t23-/m0/s1. The molecular weight excluding hydrogens is 350 g/mol. The molecule has 3 rings (SSSR count). The van der Waals surface area contributed by atoms with Crippen molar-refractivity contribution in [1.82, 2.24) is 9.80 Å². The second-order valence-corrected chi connectivity index (χ2v) is 7.55. The maximum atomic E-state index is 11.1. The SMILES string of the molecule is CC(=O)Nc1ccc(CN2CCN(CCc3ccccc3)[C@@H](CCO)C2)cc1. The zero-order chi connectivity index (χ0) is 19.8. The highest BCUT2D eigenvalue weighted by Gasteiger charge is 2.26. The molecule has 0 aliphatic carbocycles. The second kappa shape index (κ2) is 10.4. The van der Waals surface area contributed by atoms with Crippen molar-refractivity contribution < 1.29 is 9.90 Å². The lowest BCUT2D eigenvalue weighted by Gasteiger charge is -2.41. The van der Waals surface area contributed by atoms with Crippen LogP contribution in [-0.2, 0) is 17.8 Å². The van der Waals surface area contributed by atoms with Crippen LogP contribution >= 0.6 is 0 Å². The third-order valence-electron chi connectivity index (χ3n) is 5.36. The predicted octanol–water partition coefficient (Wildman–Crippen LogP) is 2.76. The molecule has 2 aromatic carbocycles. The third kappa shape index (κ3) is 6.16. The molecule has 1 heterocycles. The number of aliphatic hydroxyl groups excluding tert-OH is 1. The van der Waals surface area contributed by atoms with E-state index in [0.29, 0.717) is 6.04 Å². The minimum absolute atomic E-state index is 0.0498. The van der Waals surface area contributed by atoms with E-state index in [-0.39, 0.29) is 12.5 Å². The fraction of sp³-hybridized carbons (Fsp3) is 0.435. The Balaban J connectivity index is 1.53. The molecule has 1 fully saturated rings. The Bertz CT molecular complexity index is 733. The van der Waals surface area contributed by atoms with Gasteiger partial charge in [0.1, 0.15) is 0 Å². The molecule has 5 nitrogen and oxygen atoms in total. The topological polar surface area (TPSA) is 55.8 Å². The summed E-state index contributed by atoms with van der Waals surface area (Å²) in [6.45, 7) is 6.72. The summed E-state index contributed by atoms with van der Waals surface area (Å²) < 4.78 is 0. The fourth-order valence-corrected chi connectivity index (χ4v) is 3.89. The van der Waals surface area contributed by atoms with E-state index in [1.807, 2.05) is 12.1 Å². The van der Waals surface area contributed by atoms with E-state index in [9.17, 15) is 9.90 Å². The van der Waals surface area contributed by atoms with E-state index < -0.39 is 0 Å². The average Bonchev–Trinajstić information content (AvgIpc) is 2.69. The van der Waals surface area contributed by atoms with Gasteiger partial charge in [0.2, 0.25) is 5.91 Å². The summed E-state index contributed by atoms with van der Waals surface area (Å²) >= 11 is 0. The number of anilines is 1. The first-order valence-corrected chi connectivity index (χ1v) is 10.1. The Morgan fingerprint density at radius 1 is 1.07 bits per heavy atom. The molecule has 1 saturated heterocycles. The summed E-state index contributed by atoms with van der Waals surface area (Å²) in [5.74, 6) is -0.0498. The number of nitrogens with one attached hydrogen (secondary N) is 1. The van der Waals surface area contributed by atoms with E-state index in [0.717, 1.165) is 51.3 Å². The fourth-order valence-electron chi connectivity index (χ4n) is 3.89. The van der Waals surface area contributed by atoms with Crippen molar-refractivity contribution in [3.05, 3.63) is 65.7 Å². The van der Waals surface area contributed by atoms with Gasteiger partial charge < -0.3 is 10.4 Å². The Morgan fingerprint density at radius 3 is 2.50 bits per heavy atom. The molecule has 2 aromatic rings. The molecule has 2 N–H and O–H groups in total. The molecule has 1 atom stereocenters.